The normalized spacial score (nSPS) is 10.3. The highest BCUT2D eigenvalue weighted by atomic mass is 16.5. The van der Waals surface area contributed by atoms with E-state index in [0.29, 0.717) is 25.1 Å². The van der Waals surface area contributed by atoms with Crippen LogP contribution in [0.15, 0.2) is 67.1 Å². The van der Waals surface area contributed by atoms with E-state index < -0.39 is 0 Å². The predicted octanol–water partition coefficient (Wildman–Crippen LogP) is 3.07. The lowest BCUT2D eigenvalue weighted by Crippen LogP contribution is -2.25. The van der Waals surface area contributed by atoms with Crippen molar-refractivity contribution in [1.82, 2.24) is 15.3 Å². The molecule has 0 aliphatic rings. The lowest BCUT2D eigenvalue weighted by atomic mass is 10.1. The first-order chi connectivity index (χ1) is 13.3. The Hall–Kier alpha value is -3.41. The van der Waals surface area contributed by atoms with Crippen molar-refractivity contribution in [2.75, 3.05) is 19.0 Å². The molecule has 138 valence electrons. The first kappa shape index (κ1) is 18.4. The zero-order valence-electron chi connectivity index (χ0n) is 15.2. The van der Waals surface area contributed by atoms with Crippen molar-refractivity contribution < 1.29 is 9.53 Å². The second-order valence-corrected chi connectivity index (χ2v) is 5.96. The fourth-order valence-electron chi connectivity index (χ4n) is 2.65. The number of anilines is 1. The number of amides is 1. The van der Waals surface area contributed by atoms with Crippen molar-refractivity contribution in [3.05, 3.63) is 83.8 Å². The van der Waals surface area contributed by atoms with Crippen molar-refractivity contribution >= 4 is 11.7 Å². The van der Waals surface area contributed by atoms with Gasteiger partial charge < -0.3 is 15.4 Å². The molecule has 0 spiro atoms. The Morgan fingerprint density at radius 3 is 2.63 bits per heavy atom. The molecule has 0 aliphatic heterocycles. The molecule has 2 heterocycles. The molecule has 27 heavy (non-hydrogen) atoms. The van der Waals surface area contributed by atoms with E-state index >= 15 is 0 Å². The van der Waals surface area contributed by atoms with Gasteiger partial charge in [-0.1, -0.05) is 18.2 Å². The summed E-state index contributed by atoms with van der Waals surface area (Å²) in [7, 11) is 1.65. The third kappa shape index (κ3) is 5.28. The van der Waals surface area contributed by atoms with Gasteiger partial charge in [-0.05, 0) is 47.9 Å². The molecule has 1 amide bonds. The Morgan fingerprint density at radius 2 is 1.89 bits per heavy atom. The van der Waals surface area contributed by atoms with Gasteiger partial charge in [0.15, 0.2) is 0 Å². The average molecular weight is 362 g/mol. The van der Waals surface area contributed by atoms with E-state index in [1.807, 2.05) is 36.4 Å². The summed E-state index contributed by atoms with van der Waals surface area (Å²) in [6.07, 6.45) is 5.79. The number of para-hydroxylation sites is 1. The van der Waals surface area contributed by atoms with E-state index in [0.717, 1.165) is 22.7 Å². The molecule has 0 unspecified atom stereocenters. The molecule has 3 rings (SSSR count). The van der Waals surface area contributed by atoms with Gasteiger partial charge in [-0.2, -0.15) is 0 Å². The highest BCUT2D eigenvalue weighted by molar-refractivity contribution is 5.94. The first-order valence-electron chi connectivity index (χ1n) is 8.75. The summed E-state index contributed by atoms with van der Waals surface area (Å²) >= 11 is 0. The number of aromatic nitrogens is 2. The molecule has 0 saturated heterocycles. The fourth-order valence-corrected chi connectivity index (χ4v) is 2.65. The highest BCUT2D eigenvalue weighted by Gasteiger charge is 2.07. The molecule has 6 heteroatoms. The minimum atomic E-state index is -0.141. The molecule has 0 fully saturated rings. The molecule has 0 atom stereocenters. The summed E-state index contributed by atoms with van der Waals surface area (Å²) < 4.78 is 5.32. The zero-order chi connectivity index (χ0) is 18.9. The van der Waals surface area contributed by atoms with Crippen LogP contribution in [0, 0.1) is 0 Å². The molecule has 2 N–H and O–H groups in total. The molecule has 1 aromatic carbocycles. The second kappa shape index (κ2) is 9.33. The summed E-state index contributed by atoms with van der Waals surface area (Å²) in [6.45, 7) is 1.18. The van der Waals surface area contributed by atoms with Crippen LogP contribution in [0.25, 0.3) is 0 Å². The smallest absolute Gasteiger partial charge is 0.252 e. The lowest BCUT2D eigenvalue weighted by molar-refractivity contribution is 0.0953. The van der Waals surface area contributed by atoms with Crippen LogP contribution in [-0.4, -0.2) is 29.5 Å². The third-order valence-corrected chi connectivity index (χ3v) is 4.12. The molecule has 0 bridgehead atoms. The summed E-state index contributed by atoms with van der Waals surface area (Å²) in [5.74, 6) is 1.41. The number of nitrogens with one attached hydrogen (secondary N) is 2. The maximum atomic E-state index is 12.3. The molecular weight excluding hydrogens is 340 g/mol. The standard InChI is InChI=1S/C21H22N4O2/c1-27-19-5-3-2-4-17(19)10-13-23-21(26)18-6-7-20(25-15-18)24-14-16-8-11-22-12-9-16/h2-9,11-12,15H,10,13-14H2,1H3,(H,23,26)(H,24,25). The number of hydrogen-bond acceptors (Lipinski definition) is 5. The molecular formula is C21H22N4O2. The Morgan fingerprint density at radius 1 is 1.07 bits per heavy atom. The predicted molar refractivity (Wildman–Crippen MR) is 105 cm³/mol. The van der Waals surface area contributed by atoms with E-state index in [4.69, 9.17) is 4.74 Å². The fraction of sp³-hybridized carbons (Fsp3) is 0.190. The number of benzene rings is 1. The van der Waals surface area contributed by atoms with Crippen LogP contribution < -0.4 is 15.4 Å². The SMILES string of the molecule is COc1ccccc1CCNC(=O)c1ccc(NCc2ccncc2)nc1. The van der Waals surface area contributed by atoms with Crippen LogP contribution in [0.2, 0.25) is 0 Å². The van der Waals surface area contributed by atoms with Crippen LogP contribution >= 0.6 is 0 Å². The molecule has 0 aliphatic carbocycles. The van der Waals surface area contributed by atoms with E-state index in [2.05, 4.69) is 20.6 Å². The van der Waals surface area contributed by atoms with Gasteiger partial charge in [0.05, 0.1) is 12.7 Å². The molecule has 2 aromatic heterocycles. The van der Waals surface area contributed by atoms with Crippen LogP contribution in [-0.2, 0) is 13.0 Å². The van der Waals surface area contributed by atoms with Gasteiger partial charge in [0.1, 0.15) is 11.6 Å². The largest absolute Gasteiger partial charge is 0.496 e. The number of methoxy groups -OCH3 is 1. The van der Waals surface area contributed by atoms with Gasteiger partial charge in [-0.25, -0.2) is 4.98 Å². The number of nitrogens with zero attached hydrogens (tertiary/aromatic N) is 2. The number of pyridine rings is 2. The minimum absolute atomic E-state index is 0.141. The minimum Gasteiger partial charge on any atom is -0.496 e. The monoisotopic (exact) mass is 362 g/mol. The number of carbonyl (C=O) groups excluding carboxylic acids is 1. The quantitative estimate of drug-likeness (QED) is 0.644. The molecule has 6 nitrogen and oxygen atoms in total. The summed E-state index contributed by atoms with van der Waals surface area (Å²) in [4.78, 5) is 20.6. The van der Waals surface area contributed by atoms with Gasteiger partial charge in [0.2, 0.25) is 0 Å². The number of carbonyl (C=O) groups is 1. The van der Waals surface area contributed by atoms with Gasteiger partial charge in [0.25, 0.3) is 5.91 Å². The van der Waals surface area contributed by atoms with E-state index in [1.165, 1.54) is 0 Å². The maximum Gasteiger partial charge on any atom is 0.252 e. The van der Waals surface area contributed by atoms with E-state index in [9.17, 15) is 4.79 Å². The van der Waals surface area contributed by atoms with Crippen LogP contribution in [0.1, 0.15) is 21.5 Å². The van der Waals surface area contributed by atoms with E-state index in [1.54, 1.807) is 37.8 Å². The number of ether oxygens (including phenoxy) is 1. The Balaban J connectivity index is 1.48. The van der Waals surface area contributed by atoms with Crippen LogP contribution in [0.4, 0.5) is 5.82 Å². The van der Waals surface area contributed by atoms with Crippen molar-refractivity contribution in [1.29, 1.82) is 0 Å². The van der Waals surface area contributed by atoms with E-state index in [-0.39, 0.29) is 5.91 Å². The van der Waals surface area contributed by atoms with Gasteiger partial charge in [-0.3, -0.25) is 9.78 Å². The first-order valence-corrected chi connectivity index (χ1v) is 8.75. The summed E-state index contributed by atoms with van der Waals surface area (Å²) in [5.41, 5.74) is 2.71. The highest BCUT2D eigenvalue weighted by Crippen LogP contribution is 2.17. The Bertz CT molecular complexity index is 867. The van der Waals surface area contributed by atoms with Crippen LogP contribution in [0.5, 0.6) is 5.75 Å². The van der Waals surface area contributed by atoms with Gasteiger partial charge in [-0.15, -0.1) is 0 Å². The number of hydrogen-bond donors (Lipinski definition) is 2. The van der Waals surface area contributed by atoms with Crippen molar-refractivity contribution in [2.24, 2.45) is 0 Å². The zero-order valence-corrected chi connectivity index (χ0v) is 15.2. The average Bonchev–Trinajstić information content (AvgIpc) is 2.73. The van der Waals surface area contributed by atoms with Crippen molar-refractivity contribution in [2.45, 2.75) is 13.0 Å². The summed E-state index contributed by atoms with van der Waals surface area (Å²) in [5, 5.41) is 6.13. The van der Waals surface area contributed by atoms with Gasteiger partial charge >= 0.3 is 0 Å². The summed E-state index contributed by atoms with van der Waals surface area (Å²) in [6, 6.07) is 15.2. The second-order valence-electron chi connectivity index (χ2n) is 5.96. The molecule has 0 radical (unpaired) electrons. The topological polar surface area (TPSA) is 76.1 Å². The van der Waals surface area contributed by atoms with Crippen molar-refractivity contribution in [3.63, 3.8) is 0 Å². The molecule has 3 aromatic rings. The Kier molecular flexibility index (Phi) is 6.35. The molecule has 0 saturated carbocycles. The lowest BCUT2D eigenvalue weighted by Gasteiger charge is -2.09. The Labute approximate surface area is 158 Å². The van der Waals surface area contributed by atoms with Gasteiger partial charge in [0, 0.05) is 31.7 Å². The van der Waals surface area contributed by atoms with Crippen molar-refractivity contribution in [3.8, 4) is 5.75 Å². The van der Waals surface area contributed by atoms with Crippen LogP contribution in [0.3, 0.4) is 0 Å². The number of rotatable bonds is 8. The maximum absolute atomic E-state index is 12.3. The third-order valence-electron chi connectivity index (χ3n) is 4.12.